The van der Waals surface area contributed by atoms with E-state index in [4.69, 9.17) is 4.98 Å². The quantitative estimate of drug-likeness (QED) is 0.717. The average molecular weight is 387 g/mol. The van der Waals surface area contributed by atoms with Crippen molar-refractivity contribution in [3.05, 3.63) is 72.2 Å². The van der Waals surface area contributed by atoms with Crippen molar-refractivity contribution in [2.24, 2.45) is 5.92 Å². The van der Waals surface area contributed by atoms with E-state index in [0.29, 0.717) is 24.1 Å². The number of hydrogen-bond acceptors (Lipinski definition) is 5. The van der Waals surface area contributed by atoms with Crippen LogP contribution in [0.4, 0.5) is 0 Å². The molecular formula is C23H25N5O. The van der Waals surface area contributed by atoms with Gasteiger partial charge in [-0.25, -0.2) is 9.97 Å². The molecule has 1 amide bonds. The van der Waals surface area contributed by atoms with Gasteiger partial charge in [-0.3, -0.25) is 14.8 Å². The summed E-state index contributed by atoms with van der Waals surface area (Å²) in [6.07, 6.45) is 9.60. The Labute approximate surface area is 170 Å². The number of aryl methyl sites for hydroxylation is 1. The van der Waals surface area contributed by atoms with Gasteiger partial charge < -0.3 is 5.32 Å². The fraction of sp³-hybridized carbons (Fsp3) is 0.348. The number of carbonyl (C=O) groups is 1. The van der Waals surface area contributed by atoms with E-state index in [1.54, 1.807) is 18.5 Å². The molecule has 1 aliphatic rings. The first-order chi connectivity index (χ1) is 14.2. The normalized spacial score (nSPS) is 18.9. The van der Waals surface area contributed by atoms with E-state index in [2.05, 4.69) is 20.3 Å². The van der Waals surface area contributed by atoms with Gasteiger partial charge in [-0.2, -0.15) is 0 Å². The first kappa shape index (κ1) is 19.2. The first-order valence-electron chi connectivity index (χ1n) is 10.1. The Bertz CT molecular complexity index is 954. The number of nitrogens with zero attached hydrogens (tertiary/aromatic N) is 4. The van der Waals surface area contributed by atoms with E-state index in [9.17, 15) is 4.79 Å². The molecule has 148 valence electrons. The molecule has 1 N–H and O–H groups in total. The van der Waals surface area contributed by atoms with Crippen molar-refractivity contribution in [1.29, 1.82) is 0 Å². The summed E-state index contributed by atoms with van der Waals surface area (Å²) in [6.45, 7) is 2.63. The Morgan fingerprint density at radius 1 is 1.00 bits per heavy atom. The number of amides is 1. The number of pyridine rings is 2. The largest absolute Gasteiger partial charge is 0.350 e. The lowest BCUT2D eigenvalue weighted by atomic mass is 9.79. The Balaban J connectivity index is 1.39. The minimum atomic E-state index is -0.100. The minimum absolute atomic E-state index is 0.100. The van der Waals surface area contributed by atoms with Crippen LogP contribution in [0.1, 0.15) is 53.6 Å². The first-order valence-corrected chi connectivity index (χ1v) is 10.1. The lowest BCUT2D eigenvalue weighted by molar-refractivity contribution is 0.0938. The third-order valence-corrected chi connectivity index (χ3v) is 5.56. The predicted molar refractivity (Wildman–Crippen MR) is 111 cm³/mol. The van der Waals surface area contributed by atoms with Crippen molar-refractivity contribution >= 4 is 5.91 Å². The molecule has 0 saturated heterocycles. The summed E-state index contributed by atoms with van der Waals surface area (Å²) in [6, 6.07) is 11.3. The molecule has 1 saturated carbocycles. The van der Waals surface area contributed by atoms with Crippen LogP contribution in [0.5, 0.6) is 0 Å². The predicted octanol–water partition coefficient (Wildman–Crippen LogP) is 3.95. The van der Waals surface area contributed by atoms with Gasteiger partial charge in [-0.15, -0.1) is 0 Å². The zero-order chi connectivity index (χ0) is 20.1. The Hall–Kier alpha value is -3.15. The van der Waals surface area contributed by atoms with Crippen molar-refractivity contribution in [1.82, 2.24) is 25.3 Å². The summed E-state index contributed by atoms with van der Waals surface area (Å²) < 4.78 is 0. The number of hydrogen-bond donors (Lipinski definition) is 1. The van der Waals surface area contributed by atoms with Gasteiger partial charge >= 0.3 is 0 Å². The van der Waals surface area contributed by atoms with Gasteiger partial charge in [-0.1, -0.05) is 12.1 Å². The third-order valence-electron chi connectivity index (χ3n) is 5.56. The highest BCUT2D eigenvalue weighted by molar-refractivity contribution is 5.92. The van der Waals surface area contributed by atoms with Crippen LogP contribution in [0.2, 0.25) is 0 Å². The smallest absolute Gasteiger partial charge is 0.269 e. The van der Waals surface area contributed by atoms with Crippen molar-refractivity contribution in [2.45, 2.75) is 38.5 Å². The highest BCUT2D eigenvalue weighted by Gasteiger charge is 2.26. The highest BCUT2D eigenvalue weighted by atomic mass is 16.1. The fourth-order valence-corrected chi connectivity index (χ4v) is 3.98. The van der Waals surface area contributed by atoms with Gasteiger partial charge in [0, 0.05) is 36.6 Å². The van der Waals surface area contributed by atoms with Gasteiger partial charge in [0.15, 0.2) is 0 Å². The monoisotopic (exact) mass is 387 g/mol. The number of carbonyl (C=O) groups excluding carboxylic acids is 1. The van der Waals surface area contributed by atoms with E-state index in [1.807, 2.05) is 43.5 Å². The van der Waals surface area contributed by atoms with Crippen molar-refractivity contribution < 1.29 is 4.79 Å². The molecule has 3 aromatic rings. The fourth-order valence-electron chi connectivity index (χ4n) is 3.98. The third kappa shape index (κ3) is 4.65. The number of nitrogens with one attached hydrogen (secondary N) is 1. The highest BCUT2D eigenvalue weighted by Crippen LogP contribution is 2.38. The number of rotatable bonds is 5. The molecule has 0 aliphatic heterocycles. The second-order valence-corrected chi connectivity index (χ2v) is 7.57. The minimum Gasteiger partial charge on any atom is -0.350 e. The van der Waals surface area contributed by atoms with Crippen LogP contribution in [0, 0.1) is 12.8 Å². The molecule has 0 aromatic carbocycles. The molecule has 0 unspecified atom stereocenters. The maximum Gasteiger partial charge on any atom is 0.269 e. The molecule has 1 fully saturated rings. The Morgan fingerprint density at radius 3 is 2.45 bits per heavy atom. The summed E-state index contributed by atoms with van der Waals surface area (Å²) in [5.74, 6) is 1.58. The second kappa shape index (κ2) is 8.90. The van der Waals surface area contributed by atoms with Gasteiger partial charge in [0.25, 0.3) is 5.91 Å². The van der Waals surface area contributed by atoms with E-state index in [0.717, 1.165) is 48.5 Å². The molecule has 4 rings (SSSR count). The molecule has 0 atom stereocenters. The van der Waals surface area contributed by atoms with E-state index >= 15 is 0 Å². The zero-order valence-electron chi connectivity index (χ0n) is 16.6. The topological polar surface area (TPSA) is 80.7 Å². The van der Waals surface area contributed by atoms with E-state index in [1.165, 1.54) is 0 Å². The summed E-state index contributed by atoms with van der Waals surface area (Å²) in [7, 11) is 0. The summed E-state index contributed by atoms with van der Waals surface area (Å²) in [4.78, 5) is 30.0. The van der Waals surface area contributed by atoms with Crippen LogP contribution in [-0.4, -0.2) is 32.4 Å². The molecule has 0 bridgehead atoms. The molecule has 6 heteroatoms. The lowest BCUT2D eigenvalue weighted by Crippen LogP contribution is -2.31. The molecule has 3 heterocycles. The van der Waals surface area contributed by atoms with E-state index in [-0.39, 0.29) is 5.91 Å². The summed E-state index contributed by atoms with van der Waals surface area (Å²) >= 11 is 0. The molecular weight excluding hydrogens is 362 g/mol. The summed E-state index contributed by atoms with van der Waals surface area (Å²) in [5, 5.41) is 3.03. The van der Waals surface area contributed by atoms with Crippen LogP contribution in [0.3, 0.4) is 0 Å². The molecule has 29 heavy (non-hydrogen) atoms. The van der Waals surface area contributed by atoms with E-state index < -0.39 is 0 Å². The van der Waals surface area contributed by atoms with Crippen molar-refractivity contribution in [3.8, 4) is 11.3 Å². The lowest BCUT2D eigenvalue weighted by Gasteiger charge is -2.29. The van der Waals surface area contributed by atoms with Crippen LogP contribution in [-0.2, 0) is 0 Å². The molecule has 0 spiro atoms. The second-order valence-electron chi connectivity index (χ2n) is 7.57. The van der Waals surface area contributed by atoms with Crippen molar-refractivity contribution in [3.63, 3.8) is 0 Å². The van der Waals surface area contributed by atoms with Gasteiger partial charge in [0.1, 0.15) is 11.5 Å². The maximum atomic E-state index is 12.2. The van der Waals surface area contributed by atoms with Gasteiger partial charge in [-0.05, 0) is 62.8 Å². The van der Waals surface area contributed by atoms with Crippen LogP contribution in [0.15, 0.2) is 55.0 Å². The molecule has 3 aromatic heterocycles. The Morgan fingerprint density at radius 2 is 1.76 bits per heavy atom. The van der Waals surface area contributed by atoms with Crippen LogP contribution < -0.4 is 5.32 Å². The average Bonchev–Trinajstić information content (AvgIpc) is 2.79. The molecule has 0 radical (unpaired) electrons. The summed E-state index contributed by atoms with van der Waals surface area (Å²) in [5.41, 5.74) is 3.53. The van der Waals surface area contributed by atoms with Crippen LogP contribution >= 0.6 is 0 Å². The standard InChI is InChI=1S/C23H25N5O/c1-16-26-15-19(20-6-2-4-12-24-20)22(28-16)18-10-8-17(9-11-18)14-27-23(29)21-7-3-5-13-25-21/h2-7,12-13,15,17-18H,8-11,14H2,1H3,(H,27,29). The van der Waals surface area contributed by atoms with Gasteiger partial charge in [0.2, 0.25) is 0 Å². The Kier molecular flexibility index (Phi) is 5.89. The number of aromatic nitrogens is 4. The maximum absolute atomic E-state index is 12.2. The molecule has 6 nitrogen and oxygen atoms in total. The van der Waals surface area contributed by atoms with Gasteiger partial charge in [0.05, 0.1) is 11.4 Å². The van der Waals surface area contributed by atoms with Crippen molar-refractivity contribution in [2.75, 3.05) is 6.54 Å². The zero-order valence-corrected chi connectivity index (χ0v) is 16.6. The molecule has 1 aliphatic carbocycles. The van der Waals surface area contributed by atoms with Crippen LogP contribution in [0.25, 0.3) is 11.3 Å². The SMILES string of the molecule is Cc1ncc(-c2ccccn2)c(C2CCC(CNC(=O)c3ccccn3)CC2)n1.